The molecule has 4 nitrogen and oxygen atoms in total. The van der Waals surface area contributed by atoms with E-state index in [9.17, 15) is 4.79 Å². The molecule has 1 rings (SSSR count). The number of nitrogens with two attached hydrogens (primary N) is 1. The van der Waals surface area contributed by atoms with Crippen molar-refractivity contribution in [3.05, 3.63) is 23.8 Å². The Hall–Kier alpha value is -1.62. The van der Waals surface area contributed by atoms with E-state index < -0.39 is 0 Å². The lowest BCUT2D eigenvalue weighted by Gasteiger charge is -2.19. The summed E-state index contributed by atoms with van der Waals surface area (Å²) in [4.78, 5) is 12.2. The average molecular weight is 280 g/mol. The maximum absolute atomic E-state index is 12.0. The van der Waals surface area contributed by atoms with Crippen molar-refractivity contribution in [1.82, 2.24) is 0 Å². The van der Waals surface area contributed by atoms with Gasteiger partial charge in [0.05, 0.1) is 12.8 Å². The van der Waals surface area contributed by atoms with E-state index in [4.69, 9.17) is 22.7 Å². The van der Waals surface area contributed by atoms with E-state index in [0.29, 0.717) is 23.4 Å². The predicted molar refractivity (Wildman–Crippen MR) is 81.6 cm³/mol. The minimum absolute atomic E-state index is 0.0878. The molecule has 0 radical (unpaired) electrons. The molecular weight excluding hydrogens is 260 g/mol. The third-order valence-corrected chi connectivity index (χ3v) is 2.69. The minimum Gasteiger partial charge on any atom is -0.495 e. The minimum atomic E-state index is -0.0884. The molecule has 0 aliphatic rings. The average Bonchev–Trinajstić information content (AvgIpc) is 2.26. The molecule has 0 fully saturated rings. The van der Waals surface area contributed by atoms with E-state index in [1.54, 1.807) is 18.2 Å². The Bertz CT molecular complexity index is 493. The van der Waals surface area contributed by atoms with Crippen LogP contribution >= 0.6 is 12.2 Å². The lowest BCUT2D eigenvalue weighted by molar-refractivity contribution is -0.117. The summed E-state index contributed by atoms with van der Waals surface area (Å²) in [5, 5.41) is 2.84. The number of amides is 1. The van der Waals surface area contributed by atoms with Crippen LogP contribution in [0.1, 0.15) is 32.8 Å². The molecule has 0 aromatic heterocycles. The van der Waals surface area contributed by atoms with Gasteiger partial charge in [0, 0.05) is 12.0 Å². The number of thiocarbonyl (C=S) groups is 1. The zero-order valence-electron chi connectivity index (χ0n) is 11.7. The van der Waals surface area contributed by atoms with Gasteiger partial charge in [-0.2, -0.15) is 0 Å². The highest BCUT2D eigenvalue weighted by molar-refractivity contribution is 7.80. The van der Waals surface area contributed by atoms with Crippen LogP contribution in [0.5, 0.6) is 5.75 Å². The van der Waals surface area contributed by atoms with Crippen LogP contribution in [-0.4, -0.2) is 18.0 Å². The van der Waals surface area contributed by atoms with Crippen molar-refractivity contribution in [2.45, 2.75) is 27.2 Å². The molecule has 3 N–H and O–H groups in total. The summed E-state index contributed by atoms with van der Waals surface area (Å²) >= 11 is 4.99. The first-order valence-corrected chi connectivity index (χ1v) is 6.42. The first-order valence-electron chi connectivity index (χ1n) is 6.01. The van der Waals surface area contributed by atoms with Crippen LogP contribution in [0.15, 0.2) is 18.2 Å². The standard InChI is InChI=1S/C14H20N2O2S/c1-14(2,3)8-11(17)16-12-9(13(15)19)6-5-7-10(12)18-4/h5-7H,8H2,1-4H3,(H2,15,19)(H,16,17). The number of anilines is 1. The van der Waals surface area contributed by atoms with Crippen molar-refractivity contribution < 1.29 is 9.53 Å². The largest absolute Gasteiger partial charge is 0.495 e. The van der Waals surface area contributed by atoms with Gasteiger partial charge in [0.15, 0.2) is 0 Å². The van der Waals surface area contributed by atoms with Crippen LogP contribution in [0, 0.1) is 5.41 Å². The number of rotatable bonds is 4. The summed E-state index contributed by atoms with van der Waals surface area (Å²) in [5.41, 5.74) is 6.72. The number of hydrogen-bond donors (Lipinski definition) is 2. The Morgan fingerprint density at radius 3 is 2.53 bits per heavy atom. The number of nitrogens with one attached hydrogen (secondary N) is 1. The van der Waals surface area contributed by atoms with Crippen LogP contribution in [0.25, 0.3) is 0 Å². The molecule has 0 bridgehead atoms. The second kappa shape index (κ2) is 6.02. The molecule has 104 valence electrons. The number of benzene rings is 1. The van der Waals surface area contributed by atoms with Crippen molar-refractivity contribution in [3.8, 4) is 5.75 Å². The van der Waals surface area contributed by atoms with E-state index in [1.807, 2.05) is 20.8 Å². The summed E-state index contributed by atoms with van der Waals surface area (Å²) in [6, 6.07) is 5.30. The molecule has 1 aromatic rings. The molecule has 0 aliphatic heterocycles. The van der Waals surface area contributed by atoms with Crippen LogP contribution in [0.2, 0.25) is 0 Å². The van der Waals surface area contributed by atoms with Gasteiger partial charge >= 0.3 is 0 Å². The Morgan fingerprint density at radius 1 is 1.42 bits per heavy atom. The van der Waals surface area contributed by atoms with E-state index in [1.165, 1.54) is 7.11 Å². The van der Waals surface area contributed by atoms with Gasteiger partial charge in [-0.1, -0.05) is 39.1 Å². The fourth-order valence-corrected chi connectivity index (χ4v) is 1.87. The van der Waals surface area contributed by atoms with Gasteiger partial charge in [-0.25, -0.2) is 0 Å². The lowest BCUT2D eigenvalue weighted by Crippen LogP contribution is -2.22. The number of ether oxygens (including phenoxy) is 1. The molecule has 5 heteroatoms. The van der Waals surface area contributed by atoms with Gasteiger partial charge in [-0.3, -0.25) is 4.79 Å². The first-order chi connectivity index (χ1) is 8.74. The van der Waals surface area contributed by atoms with Crippen molar-refractivity contribution >= 4 is 28.8 Å². The van der Waals surface area contributed by atoms with Crippen LogP contribution in [-0.2, 0) is 4.79 Å². The molecule has 0 aliphatic carbocycles. The molecule has 0 saturated heterocycles. The highest BCUT2D eigenvalue weighted by Gasteiger charge is 2.19. The zero-order valence-corrected chi connectivity index (χ0v) is 12.6. The van der Waals surface area contributed by atoms with E-state index in [2.05, 4.69) is 5.32 Å². The third-order valence-electron chi connectivity index (χ3n) is 2.47. The van der Waals surface area contributed by atoms with Gasteiger partial charge in [-0.15, -0.1) is 0 Å². The van der Waals surface area contributed by atoms with Gasteiger partial charge in [0.25, 0.3) is 0 Å². The van der Waals surface area contributed by atoms with Gasteiger partial charge in [0.1, 0.15) is 10.7 Å². The number of hydrogen-bond acceptors (Lipinski definition) is 3. The second-order valence-electron chi connectivity index (χ2n) is 5.53. The molecule has 0 heterocycles. The van der Waals surface area contributed by atoms with Gasteiger partial charge in [0.2, 0.25) is 5.91 Å². The summed E-state index contributed by atoms with van der Waals surface area (Å²) in [7, 11) is 1.54. The highest BCUT2D eigenvalue weighted by atomic mass is 32.1. The molecular formula is C14H20N2O2S. The van der Waals surface area contributed by atoms with Crippen LogP contribution < -0.4 is 15.8 Å². The molecule has 1 aromatic carbocycles. The SMILES string of the molecule is COc1cccc(C(N)=S)c1NC(=O)CC(C)(C)C. The number of para-hydroxylation sites is 1. The van der Waals surface area contributed by atoms with Gasteiger partial charge < -0.3 is 15.8 Å². The zero-order chi connectivity index (χ0) is 14.6. The van der Waals surface area contributed by atoms with Crippen molar-refractivity contribution in [2.24, 2.45) is 11.1 Å². The molecule has 1 amide bonds. The van der Waals surface area contributed by atoms with E-state index >= 15 is 0 Å². The predicted octanol–water partition coefficient (Wildman–Crippen LogP) is 2.70. The van der Waals surface area contributed by atoms with Crippen molar-refractivity contribution in [3.63, 3.8) is 0 Å². The lowest BCUT2D eigenvalue weighted by atomic mass is 9.92. The Morgan fingerprint density at radius 2 is 2.05 bits per heavy atom. The molecule has 19 heavy (non-hydrogen) atoms. The Balaban J connectivity index is 3.05. The van der Waals surface area contributed by atoms with Crippen molar-refractivity contribution in [2.75, 3.05) is 12.4 Å². The van der Waals surface area contributed by atoms with Gasteiger partial charge in [-0.05, 0) is 17.5 Å². The van der Waals surface area contributed by atoms with Crippen LogP contribution in [0.3, 0.4) is 0 Å². The molecule has 0 spiro atoms. The molecule has 0 saturated carbocycles. The fraction of sp³-hybridized carbons (Fsp3) is 0.429. The number of carbonyl (C=O) groups is 1. The first kappa shape index (κ1) is 15.4. The maximum atomic E-state index is 12.0. The number of methoxy groups -OCH3 is 1. The maximum Gasteiger partial charge on any atom is 0.225 e. The quantitative estimate of drug-likeness (QED) is 0.832. The highest BCUT2D eigenvalue weighted by Crippen LogP contribution is 2.29. The molecule has 0 unspecified atom stereocenters. The number of carbonyl (C=O) groups excluding carboxylic acids is 1. The third kappa shape index (κ3) is 4.52. The summed E-state index contributed by atoms with van der Waals surface area (Å²) in [6.07, 6.45) is 0.405. The summed E-state index contributed by atoms with van der Waals surface area (Å²) in [5.74, 6) is 0.460. The second-order valence-corrected chi connectivity index (χ2v) is 5.97. The molecule has 0 atom stereocenters. The smallest absolute Gasteiger partial charge is 0.225 e. The monoisotopic (exact) mass is 280 g/mol. The summed E-state index contributed by atoms with van der Waals surface area (Å²) < 4.78 is 5.24. The van der Waals surface area contributed by atoms with Crippen LogP contribution in [0.4, 0.5) is 5.69 Å². The summed E-state index contributed by atoms with van der Waals surface area (Å²) in [6.45, 7) is 6.01. The fourth-order valence-electron chi connectivity index (χ4n) is 1.70. The topological polar surface area (TPSA) is 64.3 Å². The Labute approximate surface area is 119 Å². The van der Waals surface area contributed by atoms with E-state index in [-0.39, 0.29) is 16.3 Å². The Kier molecular flexibility index (Phi) is 4.89. The van der Waals surface area contributed by atoms with Crippen molar-refractivity contribution in [1.29, 1.82) is 0 Å². The normalized spacial score (nSPS) is 10.9. The van der Waals surface area contributed by atoms with E-state index in [0.717, 1.165) is 0 Å².